The molecule has 3 nitrogen and oxygen atoms in total. The van der Waals surface area contributed by atoms with E-state index >= 15 is 0 Å². The summed E-state index contributed by atoms with van der Waals surface area (Å²) in [5.41, 5.74) is 11.9. The zero-order chi connectivity index (χ0) is 43.6. The lowest BCUT2D eigenvalue weighted by Crippen LogP contribution is -2.03. The number of hydrogen-bond acceptors (Lipinski definition) is 5. The van der Waals surface area contributed by atoms with Crippen molar-refractivity contribution in [2.45, 2.75) is 0 Å². The van der Waals surface area contributed by atoms with Crippen LogP contribution in [0.15, 0.2) is 224 Å². The second-order valence-electron chi connectivity index (χ2n) is 16.6. The lowest BCUT2D eigenvalue weighted by molar-refractivity contribution is 1.08. The molecule has 13 rings (SSSR count). The molecule has 0 aliphatic heterocycles. The van der Waals surface area contributed by atoms with Crippen molar-refractivity contribution in [2.75, 3.05) is 0 Å². The first-order chi connectivity index (χ1) is 32.7. The summed E-state index contributed by atoms with van der Waals surface area (Å²) in [5, 5.41) is 7.27. The Labute approximate surface area is 389 Å². The van der Waals surface area contributed by atoms with Gasteiger partial charge in [-0.15, -0.1) is 22.7 Å². The van der Waals surface area contributed by atoms with Crippen molar-refractivity contribution in [1.82, 2.24) is 15.0 Å². The van der Waals surface area contributed by atoms with E-state index in [-0.39, 0.29) is 0 Å². The van der Waals surface area contributed by atoms with E-state index in [4.69, 9.17) is 15.0 Å². The van der Waals surface area contributed by atoms with Crippen molar-refractivity contribution in [1.29, 1.82) is 0 Å². The van der Waals surface area contributed by atoms with Gasteiger partial charge in [0.2, 0.25) is 0 Å². The van der Waals surface area contributed by atoms with Gasteiger partial charge in [-0.2, -0.15) is 0 Å². The molecular weight excluding hydrogens is 839 g/mol. The molecule has 10 aromatic carbocycles. The van der Waals surface area contributed by atoms with Gasteiger partial charge in [-0.05, 0) is 86.1 Å². The minimum absolute atomic E-state index is 0.619. The Balaban J connectivity index is 1.15. The van der Waals surface area contributed by atoms with E-state index in [0.29, 0.717) is 17.5 Å². The van der Waals surface area contributed by atoms with Gasteiger partial charge in [0.15, 0.2) is 17.5 Å². The quantitative estimate of drug-likeness (QED) is 0.160. The number of fused-ring (bicyclic) bond motifs is 7. The second kappa shape index (κ2) is 15.9. The average molecular weight is 876 g/mol. The lowest BCUT2D eigenvalue weighted by atomic mass is 9.83. The van der Waals surface area contributed by atoms with Crippen LogP contribution in [0.4, 0.5) is 0 Å². The number of thiophene rings is 2. The Morgan fingerprint density at radius 3 is 1.33 bits per heavy atom. The van der Waals surface area contributed by atoms with Crippen molar-refractivity contribution in [3.63, 3.8) is 0 Å². The van der Waals surface area contributed by atoms with E-state index < -0.39 is 0 Å². The normalized spacial score (nSPS) is 11.6. The predicted molar refractivity (Wildman–Crippen MR) is 281 cm³/mol. The summed E-state index contributed by atoms with van der Waals surface area (Å²) in [6, 6.07) is 80.6. The van der Waals surface area contributed by atoms with Gasteiger partial charge in [0.25, 0.3) is 0 Å². The third kappa shape index (κ3) is 6.43. The van der Waals surface area contributed by atoms with Crippen LogP contribution in [0.2, 0.25) is 0 Å². The van der Waals surface area contributed by atoms with Gasteiger partial charge in [0, 0.05) is 62.6 Å². The van der Waals surface area contributed by atoms with Crippen LogP contribution in [0.25, 0.3) is 130 Å². The Kier molecular flexibility index (Phi) is 9.22. The summed E-state index contributed by atoms with van der Waals surface area (Å²) >= 11 is 3.59. The van der Waals surface area contributed by atoms with Crippen LogP contribution in [-0.4, -0.2) is 15.0 Å². The molecule has 0 N–H and O–H groups in total. The van der Waals surface area contributed by atoms with Crippen LogP contribution in [0.1, 0.15) is 0 Å². The number of hydrogen-bond donors (Lipinski definition) is 0. The molecule has 0 aliphatic carbocycles. The van der Waals surface area contributed by atoms with Gasteiger partial charge in [0.1, 0.15) is 0 Å². The first-order valence-electron chi connectivity index (χ1n) is 22.2. The van der Waals surface area contributed by atoms with Crippen molar-refractivity contribution >= 4 is 73.8 Å². The Hall–Kier alpha value is -8.09. The monoisotopic (exact) mass is 875 g/mol. The molecule has 0 bridgehead atoms. The van der Waals surface area contributed by atoms with Gasteiger partial charge in [-0.3, -0.25) is 0 Å². The molecule has 0 unspecified atom stereocenters. The van der Waals surface area contributed by atoms with E-state index in [1.54, 1.807) is 22.7 Å². The summed E-state index contributed by atoms with van der Waals surface area (Å²) in [7, 11) is 0. The average Bonchev–Trinajstić information content (AvgIpc) is 3.97. The molecule has 0 fully saturated rings. The van der Waals surface area contributed by atoms with Gasteiger partial charge >= 0.3 is 0 Å². The number of nitrogens with zero attached hydrogens (tertiary/aromatic N) is 3. The van der Waals surface area contributed by atoms with Crippen molar-refractivity contribution in [3.8, 4) is 78.7 Å². The summed E-state index contributed by atoms with van der Waals surface area (Å²) in [5.74, 6) is 1.91. The highest BCUT2D eigenvalue weighted by Gasteiger charge is 2.25. The fourth-order valence-electron chi connectivity index (χ4n) is 9.75. The molecule has 0 aliphatic rings. The molecule has 0 saturated heterocycles. The van der Waals surface area contributed by atoms with Crippen LogP contribution in [0.5, 0.6) is 0 Å². The highest BCUT2D eigenvalue weighted by atomic mass is 32.1. The molecule has 0 atom stereocenters. The van der Waals surface area contributed by atoms with Gasteiger partial charge < -0.3 is 0 Å². The maximum atomic E-state index is 5.58. The van der Waals surface area contributed by atoms with Crippen molar-refractivity contribution in [3.05, 3.63) is 224 Å². The van der Waals surface area contributed by atoms with Gasteiger partial charge in [0.05, 0.1) is 0 Å². The Bertz CT molecular complexity index is 3860. The standard InChI is InChI=1S/C61H37N3S2/c1-3-17-38(18-4-1)41-23-13-24-42(37-41)56-50(36-35-47(55(56)40-20-5-2-6-21-40)44-28-14-22-39-19-7-8-25-43(39)44)59-62-60(51-31-15-29-48-45-26-9-11-33-53(45)65-57(48)51)64-61(63-59)52-32-16-30-49-46-27-10-12-34-54(46)66-58(49)52/h1-37H. The summed E-state index contributed by atoms with van der Waals surface area (Å²) in [6.45, 7) is 0. The van der Waals surface area contributed by atoms with Crippen molar-refractivity contribution < 1.29 is 0 Å². The van der Waals surface area contributed by atoms with Crippen LogP contribution in [0.3, 0.4) is 0 Å². The smallest absolute Gasteiger partial charge is 0.165 e. The topological polar surface area (TPSA) is 38.7 Å². The largest absolute Gasteiger partial charge is 0.208 e. The third-order valence-electron chi connectivity index (χ3n) is 12.8. The fourth-order valence-corrected chi connectivity index (χ4v) is 12.2. The van der Waals surface area contributed by atoms with E-state index in [1.165, 1.54) is 47.3 Å². The van der Waals surface area contributed by atoms with E-state index in [9.17, 15) is 0 Å². The molecule has 0 spiro atoms. The molecule has 5 heteroatoms. The molecule has 0 saturated carbocycles. The number of rotatable bonds is 7. The Morgan fingerprint density at radius 2 is 0.682 bits per heavy atom. The van der Waals surface area contributed by atoms with Crippen LogP contribution >= 0.6 is 22.7 Å². The molecular formula is C61H37N3S2. The lowest BCUT2D eigenvalue weighted by Gasteiger charge is -2.21. The number of aromatic nitrogens is 3. The first-order valence-corrected chi connectivity index (χ1v) is 23.8. The van der Waals surface area contributed by atoms with Crippen molar-refractivity contribution in [2.24, 2.45) is 0 Å². The van der Waals surface area contributed by atoms with Crippen LogP contribution in [-0.2, 0) is 0 Å². The zero-order valence-corrected chi connectivity index (χ0v) is 37.2. The first kappa shape index (κ1) is 38.4. The predicted octanol–water partition coefficient (Wildman–Crippen LogP) is 17.4. The van der Waals surface area contributed by atoms with E-state index in [0.717, 1.165) is 65.0 Å². The molecule has 0 radical (unpaired) electrons. The summed E-state index contributed by atoms with van der Waals surface area (Å²) < 4.78 is 4.80. The van der Waals surface area contributed by atoms with Gasteiger partial charge in [-0.25, -0.2) is 15.0 Å². The summed E-state index contributed by atoms with van der Waals surface area (Å²) in [6.07, 6.45) is 0. The molecule has 3 aromatic heterocycles. The summed E-state index contributed by atoms with van der Waals surface area (Å²) in [4.78, 5) is 16.6. The zero-order valence-electron chi connectivity index (χ0n) is 35.5. The highest BCUT2D eigenvalue weighted by molar-refractivity contribution is 7.26. The van der Waals surface area contributed by atoms with Crippen LogP contribution < -0.4 is 0 Å². The minimum Gasteiger partial charge on any atom is -0.208 e. The Morgan fingerprint density at radius 1 is 0.258 bits per heavy atom. The highest BCUT2D eigenvalue weighted by Crippen LogP contribution is 2.48. The number of benzene rings is 10. The minimum atomic E-state index is 0.619. The fraction of sp³-hybridized carbons (Fsp3) is 0. The molecule has 13 aromatic rings. The van der Waals surface area contributed by atoms with Gasteiger partial charge in [-0.1, -0.05) is 188 Å². The maximum Gasteiger partial charge on any atom is 0.165 e. The SMILES string of the molecule is c1ccc(-c2cccc(-c3c(-c4nc(-c5cccc6c5sc5ccccc56)nc(-c5cccc6c5sc5ccccc56)n4)ccc(-c4cccc5ccccc45)c3-c3ccccc3)c2)cc1. The maximum absolute atomic E-state index is 5.58. The van der Waals surface area contributed by atoms with E-state index in [1.807, 2.05) is 0 Å². The van der Waals surface area contributed by atoms with E-state index in [2.05, 4.69) is 224 Å². The van der Waals surface area contributed by atoms with Crippen LogP contribution in [0, 0.1) is 0 Å². The molecule has 66 heavy (non-hydrogen) atoms. The third-order valence-corrected chi connectivity index (χ3v) is 15.2. The second-order valence-corrected chi connectivity index (χ2v) is 18.7. The molecule has 0 amide bonds. The molecule has 308 valence electrons. The molecule has 3 heterocycles.